The number of carboxylic acids is 1. The summed E-state index contributed by atoms with van der Waals surface area (Å²) in [6, 6.07) is 10.7. The van der Waals surface area contributed by atoms with Crippen molar-refractivity contribution in [2.75, 3.05) is 23.4 Å². The number of carbonyl (C=O) groups is 4. The molecule has 9 heteroatoms. The molecule has 2 aromatic rings. The number of anilines is 2. The minimum Gasteiger partial charge on any atom is -0.478 e. The average molecular weight is 432 g/mol. The van der Waals surface area contributed by atoms with Gasteiger partial charge in [-0.25, -0.2) is 14.7 Å². The van der Waals surface area contributed by atoms with E-state index in [-0.39, 0.29) is 28.1 Å². The topological polar surface area (TPSA) is 133 Å². The van der Waals surface area contributed by atoms with Gasteiger partial charge in [-0.15, -0.1) is 0 Å². The van der Waals surface area contributed by atoms with Crippen LogP contribution in [0.5, 0.6) is 0 Å². The summed E-state index contributed by atoms with van der Waals surface area (Å²) < 4.78 is 0. The highest BCUT2D eigenvalue weighted by atomic mass is 16.4. The predicted octanol–water partition coefficient (Wildman–Crippen LogP) is 1.82. The zero-order valence-electron chi connectivity index (χ0n) is 17.5. The first-order valence-electron chi connectivity index (χ1n) is 9.85. The first kappa shape index (κ1) is 21.0. The number of aliphatic imine (C=N–C) groups is 1. The van der Waals surface area contributed by atoms with Gasteiger partial charge in [0.05, 0.1) is 16.9 Å². The average Bonchev–Trinajstić information content (AvgIpc) is 3.11. The van der Waals surface area contributed by atoms with Crippen LogP contribution in [0.3, 0.4) is 0 Å². The molecule has 3 amide bonds. The van der Waals surface area contributed by atoms with Crippen LogP contribution in [-0.4, -0.2) is 48.1 Å². The molecule has 2 aliphatic rings. The molecule has 0 fully saturated rings. The molecule has 0 aliphatic carbocycles. The Morgan fingerprint density at radius 1 is 1.06 bits per heavy atom. The number of carbonyl (C=O) groups excluding carboxylic acids is 3. The van der Waals surface area contributed by atoms with Crippen LogP contribution < -0.4 is 15.5 Å². The van der Waals surface area contributed by atoms with Gasteiger partial charge in [0.2, 0.25) is 0 Å². The van der Waals surface area contributed by atoms with Gasteiger partial charge in [0.15, 0.2) is 0 Å². The van der Waals surface area contributed by atoms with Crippen molar-refractivity contribution >= 4 is 46.5 Å². The van der Waals surface area contributed by atoms with Crippen LogP contribution in [-0.2, 0) is 20.8 Å². The fourth-order valence-electron chi connectivity index (χ4n) is 3.91. The third-order valence-electron chi connectivity index (χ3n) is 5.60. The van der Waals surface area contributed by atoms with Crippen LogP contribution in [0.15, 0.2) is 58.6 Å². The molecule has 0 spiro atoms. The molecular weight excluding hydrogens is 412 g/mol. The van der Waals surface area contributed by atoms with Gasteiger partial charge in [0, 0.05) is 19.3 Å². The van der Waals surface area contributed by atoms with Gasteiger partial charge in [-0.3, -0.25) is 14.4 Å². The Morgan fingerprint density at radius 3 is 2.38 bits per heavy atom. The van der Waals surface area contributed by atoms with Crippen LogP contribution in [0.1, 0.15) is 22.8 Å². The molecule has 0 saturated heterocycles. The molecule has 9 nitrogen and oxygen atoms in total. The van der Waals surface area contributed by atoms with E-state index in [0.717, 1.165) is 29.1 Å². The molecule has 162 valence electrons. The molecule has 2 heterocycles. The number of nitrogens with zero attached hydrogens (tertiary/aromatic N) is 3. The second-order valence-corrected chi connectivity index (χ2v) is 7.61. The summed E-state index contributed by atoms with van der Waals surface area (Å²) >= 11 is 0. The number of carboxylic acid groups (broad SMARTS) is 1. The molecule has 32 heavy (non-hydrogen) atoms. The number of fused-ring (bicyclic) bond motifs is 1. The Bertz CT molecular complexity index is 1240. The molecule has 0 saturated carbocycles. The van der Waals surface area contributed by atoms with Crippen molar-refractivity contribution in [3.63, 3.8) is 0 Å². The summed E-state index contributed by atoms with van der Waals surface area (Å²) in [5.74, 6) is -3.72. The largest absolute Gasteiger partial charge is 0.478 e. The second-order valence-electron chi connectivity index (χ2n) is 7.61. The summed E-state index contributed by atoms with van der Waals surface area (Å²) in [5.41, 5.74) is 7.92. The smallest absolute Gasteiger partial charge is 0.335 e. The number of hydrogen-bond donors (Lipinski definition) is 2. The zero-order valence-corrected chi connectivity index (χ0v) is 17.5. The number of amides is 3. The van der Waals surface area contributed by atoms with E-state index in [1.54, 1.807) is 6.07 Å². The van der Waals surface area contributed by atoms with Gasteiger partial charge in [0.25, 0.3) is 17.7 Å². The summed E-state index contributed by atoms with van der Waals surface area (Å²) in [6.07, 6.45) is 0.848. The molecule has 0 bridgehead atoms. The maximum atomic E-state index is 13.3. The van der Waals surface area contributed by atoms with E-state index < -0.39 is 23.7 Å². The molecule has 0 atom stereocenters. The number of hydrogen-bond acceptors (Lipinski definition) is 6. The lowest BCUT2D eigenvalue weighted by atomic mass is 9.96. The van der Waals surface area contributed by atoms with Crippen LogP contribution in [0.25, 0.3) is 0 Å². The van der Waals surface area contributed by atoms with Gasteiger partial charge in [0.1, 0.15) is 11.3 Å². The Morgan fingerprint density at radius 2 is 1.75 bits per heavy atom. The lowest BCUT2D eigenvalue weighted by Crippen LogP contribution is -2.49. The highest BCUT2D eigenvalue weighted by Gasteiger charge is 2.39. The Labute approximate surface area is 183 Å². The monoisotopic (exact) mass is 432 g/mol. The minimum absolute atomic E-state index is 0.00972. The molecule has 2 aromatic carbocycles. The molecular formula is C23H20N4O5. The van der Waals surface area contributed by atoms with Crippen molar-refractivity contribution < 1.29 is 24.3 Å². The third kappa shape index (κ3) is 3.43. The Balaban J connectivity index is 1.82. The summed E-state index contributed by atoms with van der Waals surface area (Å²) in [5, 5.41) is 9.09. The lowest BCUT2D eigenvalue weighted by molar-refractivity contribution is -0.123. The van der Waals surface area contributed by atoms with E-state index in [1.165, 1.54) is 31.2 Å². The molecule has 0 radical (unpaired) electrons. The number of likely N-dealkylation sites (N-methyl/N-ethyl adjacent to an activating group) is 1. The first-order chi connectivity index (χ1) is 15.2. The van der Waals surface area contributed by atoms with Crippen LogP contribution in [0.2, 0.25) is 0 Å². The Hall–Kier alpha value is -4.27. The molecule has 0 aromatic heterocycles. The summed E-state index contributed by atoms with van der Waals surface area (Å²) in [4.78, 5) is 56.8. The van der Waals surface area contributed by atoms with E-state index in [2.05, 4.69) is 9.89 Å². The number of imide groups is 1. The van der Waals surface area contributed by atoms with Crippen molar-refractivity contribution in [1.29, 1.82) is 0 Å². The lowest BCUT2D eigenvalue weighted by Gasteiger charge is -2.27. The maximum Gasteiger partial charge on any atom is 0.335 e. The minimum atomic E-state index is -1.15. The fourth-order valence-corrected chi connectivity index (χ4v) is 3.91. The molecule has 3 N–H and O–H groups in total. The Kier molecular flexibility index (Phi) is 5.09. The first-order valence-corrected chi connectivity index (χ1v) is 9.85. The number of primary amides is 1. The van der Waals surface area contributed by atoms with Crippen molar-refractivity contribution in [2.45, 2.75) is 13.3 Å². The molecule has 0 unspecified atom stereocenters. The highest BCUT2D eigenvalue weighted by molar-refractivity contribution is 6.59. The van der Waals surface area contributed by atoms with E-state index in [9.17, 15) is 19.2 Å². The standard InChI is InChI=1S/C23H20N4O5/c1-12-18(20(24)28)21(29)27(16-6-3-13(4-7-16)23(31)32)22(30)19(12)25-15-5-8-17-14(11-15)9-10-26(17)2/h3-8,11H,9-10H2,1-2H3,(H2,24,28)(H,31,32). The van der Waals surface area contributed by atoms with Crippen LogP contribution in [0, 0.1) is 0 Å². The summed E-state index contributed by atoms with van der Waals surface area (Å²) in [7, 11) is 1.99. The number of nitrogens with two attached hydrogens (primary N) is 1. The van der Waals surface area contributed by atoms with E-state index >= 15 is 0 Å². The number of aromatic carboxylic acids is 1. The van der Waals surface area contributed by atoms with Crippen molar-refractivity contribution in [3.05, 3.63) is 64.7 Å². The maximum absolute atomic E-state index is 13.3. The van der Waals surface area contributed by atoms with Crippen molar-refractivity contribution in [3.8, 4) is 0 Å². The van der Waals surface area contributed by atoms with Crippen molar-refractivity contribution in [2.24, 2.45) is 10.7 Å². The summed E-state index contributed by atoms with van der Waals surface area (Å²) in [6.45, 7) is 2.34. The van der Waals surface area contributed by atoms with Gasteiger partial charge in [-0.05, 0) is 66.9 Å². The van der Waals surface area contributed by atoms with E-state index in [0.29, 0.717) is 5.69 Å². The van der Waals surface area contributed by atoms with Gasteiger partial charge >= 0.3 is 5.97 Å². The van der Waals surface area contributed by atoms with Gasteiger partial charge in [-0.1, -0.05) is 0 Å². The normalized spacial score (nSPS) is 17.2. The quantitative estimate of drug-likeness (QED) is 0.559. The zero-order chi connectivity index (χ0) is 23.2. The van der Waals surface area contributed by atoms with Gasteiger partial charge in [-0.2, -0.15) is 0 Å². The highest BCUT2D eigenvalue weighted by Crippen LogP contribution is 2.32. The van der Waals surface area contributed by atoms with E-state index in [4.69, 9.17) is 10.8 Å². The third-order valence-corrected chi connectivity index (χ3v) is 5.60. The van der Waals surface area contributed by atoms with Gasteiger partial charge < -0.3 is 15.7 Å². The van der Waals surface area contributed by atoms with E-state index in [1.807, 2.05) is 19.2 Å². The van der Waals surface area contributed by atoms with Crippen molar-refractivity contribution in [1.82, 2.24) is 0 Å². The molecule has 4 rings (SSSR count). The second kappa shape index (κ2) is 7.77. The van der Waals surface area contributed by atoms with Crippen LogP contribution >= 0.6 is 0 Å². The predicted molar refractivity (Wildman–Crippen MR) is 118 cm³/mol. The number of benzene rings is 2. The number of rotatable bonds is 4. The van der Waals surface area contributed by atoms with Crippen LogP contribution in [0.4, 0.5) is 17.1 Å². The SMILES string of the molecule is CC1=C(C(N)=O)C(=O)N(c2ccc(C(=O)O)cc2)C(=O)C1=Nc1ccc2c(c1)CCN2C. The molecule has 2 aliphatic heterocycles. The fraction of sp³-hybridized carbons (Fsp3) is 0.174.